The van der Waals surface area contributed by atoms with Gasteiger partial charge in [0.25, 0.3) is 5.69 Å². The molecule has 0 aliphatic heterocycles. The number of guanidine groups is 1. The first kappa shape index (κ1) is 16.4. The minimum absolute atomic E-state index is 0.0741. The molecule has 0 saturated carbocycles. The third-order valence-corrected chi connectivity index (χ3v) is 3.13. The Morgan fingerprint density at radius 3 is 2.65 bits per heavy atom. The lowest BCUT2D eigenvalue weighted by molar-refractivity contribution is -0.384. The Labute approximate surface area is 133 Å². The Morgan fingerprint density at radius 1 is 1.35 bits per heavy atom. The molecule has 2 aromatic rings. The molecule has 0 bridgehead atoms. The van der Waals surface area contributed by atoms with E-state index < -0.39 is 4.92 Å². The number of aryl methyl sites for hydroxylation is 1. The van der Waals surface area contributed by atoms with Crippen molar-refractivity contribution in [1.29, 1.82) is 0 Å². The summed E-state index contributed by atoms with van der Waals surface area (Å²) < 4.78 is 1.69. The maximum absolute atomic E-state index is 10.6. The van der Waals surface area contributed by atoms with Crippen LogP contribution in [0.5, 0.6) is 0 Å². The molecule has 0 fully saturated rings. The number of aliphatic imine (C=N–C) groups is 1. The standard InChI is InChI=1S/C14H19N7O2/c1-3-15-14(17-9-13-18-10-19-20(13)2)16-8-11-4-6-12(7-5-11)21(22)23/h4-7,10H,3,8-9H2,1-2H3,(H2,15,16,17). The molecule has 0 atom stereocenters. The van der Waals surface area contributed by atoms with Gasteiger partial charge in [-0.2, -0.15) is 5.10 Å². The normalized spacial score (nSPS) is 11.3. The molecule has 1 aromatic heterocycles. The van der Waals surface area contributed by atoms with Gasteiger partial charge in [-0.3, -0.25) is 14.8 Å². The van der Waals surface area contributed by atoms with Gasteiger partial charge in [-0.05, 0) is 12.5 Å². The number of nitrogens with zero attached hydrogens (tertiary/aromatic N) is 5. The van der Waals surface area contributed by atoms with E-state index in [9.17, 15) is 10.1 Å². The van der Waals surface area contributed by atoms with Crippen molar-refractivity contribution < 1.29 is 4.92 Å². The van der Waals surface area contributed by atoms with Crippen LogP contribution in [-0.2, 0) is 20.1 Å². The summed E-state index contributed by atoms with van der Waals surface area (Å²) >= 11 is 0. The van der Waals surface area contributed by atoms with Gasteiger partial charge < -0.3 is 10.6 Å². The Kier molecular flexibility index (Phi) is 5.61. The van der Waals surface area contributed by atoms with Gasteiger partial charge in [0, 0.05) is 25.7 Å². The molecule has 9 heteroatoms. The van der Waals surface area contributed by atoms with Crippen LogP contribution in [0.1, 0.15) is 18.3 Å². The van der Waals surface area contributed by atoms with Crippen LogP contribution in [0.3, 0.4) is 0 Å². The van der Waals surface area contributed by atoms with Gasteiger partial charge in [0.2, 0.25) is 0 Å². The molecule has 0 unspecified atom stereocenters. The second-order valence-corrected chi connectivity index (χ2v) is 4.77. The molecule has 0 aliphatic rings. The van der Waals surface area contributed by atoms with Crippen molar-refractivity contribution in [1.82, 2.24) is 25.4 Å². The monoisotopic (exact) mass is 317 g/mol. The highest BCUT2D eigenvalue weighted by molar-refractivity contribution is 5.79. The zero-order chi connectivity index (χ0) is 16.7. The molecule has 1 heterocycles. The summed E-state index contributed by atoms with van der Waals surface area (Å²) in [6, 6.07) is 6.36. The Hall–Kier alpha value is -2.97. The zero-order valence-electron chi connectivity index (χ0n) is 13.1. The summed E-state index contributed by atoms with van der Waals surface area (Å²) in [5, 5.41) is 20.9. The minimum atomic E-state index is -0.417. The number of aromatic nitrogens is 3. The third kappa shape index (κ3) is 4.77. The highest BCUT2D eigenvalue weighted by Crippen LogP contribution is 2.12. The predicted octanol–water partition coefficient (Wildman–Crippen LogP) is 0.979. The summed E-state index contributed by atoms with van der Waals surface area (Å²) in [5.74, 6) is 1.44. The van der Waals surface area contributed by atoms with Gasteiger partial charge in [-0.1, -0.05) is 12.1 Å². The van der Waals surface area contributed by atoms with Crippen LogP contribution in [-0.4, -0.2) is 32.2 Å². The zero-order valence-corrected chi connectivity index (χ0v) is 13.1. The molecule has 0 radical (unpaired) electrons. The Morgan fingerprint density at radius 2 is 2.09 bits per heavy atom. The lowest BCUT2D eigenvalue weighted by Crippen LogP contribution is -2.37. The van der Waals surface area contributed by atoms with E-state index in [1.807, 2.05) is 14.0 Å². The fraction of sp³-hybridized carbons (Fsp3) is 0.357. The van der Waals surface area contributed by atoms with Crippen molar-refractivity contribution in [3.8, 4) is 0 Å². The van der Waals surface area contributed by atoms with Crippen molar-refractivity contribution in [2.75, 3.05) is 6.54 Å². The molecule has 23 heavy (non-hydrogen) atoms. The summed E-state index contributed by atoms with van der Waals surface area (Å²) in [6.45, 7) is 3.63. The number of hydrogen-bond acceptors (Lipinski definition) is 5. The van der Waals surface area contributed by atoms with Crippen LogP contribution in [0.15, 0.2) is 35.6 Å². The molecule has 0 spiro atoms. The average molecular weight is 317 g/mol. The summed E-state index contributed by atoms with van der Waals surface area (Å²) in [4.78, 5) is 18.8. The van der Waals surface area contributed by atoms with Gasteiger partial charge in [0.15, 0.2) is 5.96 Å². The maximum atomic E-state index is 10.6. The molecular weight excluding hydrogens is 298 g/mol. The van der Waals surface area contributed by atoms with Crippen LogP contribution in [0.25, 0.3) is 0 Å². The Bertz CT molecular complexity index is 679. The molecule has 0 amide bonds. The molecule has 2 rings (SSSR count). The lowest BCUT2D eigenvalue weighted by atomic mass is 10.2. The molecule has 0 saturated heterocycles. The van der Waals surface area contributed by atoms with E-state index in [2.05, 4.69) is 25.7 Å². The molecule has 1 aromatic carbocycles. The van der Waals surface area contributed by atoms with E-state index >= 15 is 0 Å². The van der Waals surface area contributed by atoms with E-state index in [4.69, 9.17) is 0 Å². The summed E-state index contributed by atoms with van der Waals surface area (Å²) in [7, 11) is 1.82. The van der Waals surface area contributed by atoms with Crippen LogP contribution in [0, 0.1) is 10.1 Å². The number of nitro benzene ring substituents is 1. The van der Waals surface area contributed by atoms with E-state index in [0.717, 1.165) is 17.9 Å². The van der Waals surface area contributed by atoms with Crippen molar-refractivity contribution in [2.24, 2.45) is 12.0 Å². The first-order valence-electron chi connectivity index (χ1n) is 7.18. The van der Waals surface area contributed by atoms with Gasteiger partial charge in [-0.15, -0.1) is 0 Å². The highest BCUT2D eigenvalue weighted by atomic mass is 16.6. The van der Waals surface area contributed by atoms with E-state index in [-0.39, 0.29) is 5.69 Å². The van der Waals surface area contributed by atoms with Crippen LogP contribution in [0.2, 0.25) is 0 Å². The number of benzene rings is 1. The second kappa shape index (κ2) is 7.87. The van der Waals surface area contributed by atoms with Crippen molar-refractivity contribution in [3.05, 3.63) is 52.1 Å². The van der Waals surface area contributed by atoms with E-state index in [1.54, 1.807) is 16.8 Å². The van der Waals surface area contributed by atoms with Crippen molar-refractivity contribution in [3.63, 3.8) is 0 Å². The van der Waals surface area contributed by atoms with Crippen LogP contribution >= 0.6 is 0 Å². The molecule has 0 aliphatic carbocycles. The van der Waals surface area contributed by atoms with Gasteiger partial charge in [-0.25, -0.2) is 9.98 Å². The smallest absolute Gasteiger partial charge is 0.269 e. The molecular formula is C14H19N7O2. The topological polar surface area (TPSA) is 110 Å². The SMILES string of the molecule is CCNC(=NCc1ccc([N+](=O)[O-])cc1)NCc1ncnn1C. The fourth-order valence-electron chi connectivity index (χ4n) is 1.88. The second-order valence-electron chi connectivity index (χ2n) is 4.77. The van der Waals surface area contributed by atoms with Gasteiger partial charge in [0.1, 0.15) is 12.2 Å². The van der Waals surface area contributed by atoms with Crippen molar-refractivity contribution in [2.45, 2.75) is 20.0 Å². The number of nitrogens with one attached hydrogen (secondary N) is 2. The van der Waals surface area contributed by atoms with E-state index in [1.165, 1.54) is 18.5 Å². The highest BCUT2D eigenvalue weighted by Gasteiger charge is 2.05. The molecule has 9 nitrogen and oxygen atoms in total. The number of non-ortho nitro benzene ring substituents is 1. The molecule has 2 N–H and O–H groups in total. The lowest BCUT2D eigenvalue weighted by Gasteiger charge is -2.10. The van der Waals surface area contributed by atoms with Gasteiger partial charge in [0.05, 0.1) is 18.0 Å². The number of hydrogen-bond donors (Lipinski definition) is 2. The maximum Gasteiger partial charge on any atom is 0.269 e. The molecule has 122 valence electrons. The minimum Gasteiger partial charge on any atom is -0.357 e. The van der Waals surface area contributed by atoms with E-state index in [0.29, 0.717) is 19.0 Å². The summed E-state index contributed by atoms with van der Waals surface area (Å²) in [5.41, 5.74) is 0.969. The fourth-order valence-corrected chi connectivity index (χ4v) is 1.88. The quantitative estimate of drug-likeness (QED) is 0.356. The largest absolute Gasteiger partial charge is 0.357 e. The summed E-state index contributed by atoms with van der Waals surface area (Å²) in [6.07, 6.45) is 1.50. The predicted molar refractivity (Wildman–Crippen MR) is 85.8 cm³/mol. The third-order valence-electron chi connectivity index (χ3n) is 3.13. The number of rotatable bonds is 6. The van der Waals surface area contributed by atoms with Crippen LogP contribution in [0.4, 0.5) is 5.69 Å². The first-order valence-corrected chi connectivity index (χ1v) is 7.18. The van der Waals surface area contributed by atoms with Crippen molar-refractivity contribution >= 4 is 11.6 Å². The van der Waals surface area contributed by atoms with Gasteiger partial charge >= 0.3 is 0 Å². The average Bonchev–Trinajstić information content (AvgIpc) is 2.95. The first-order chi connectivity index (χ1) is 11.1. The number of nitro groups is 1. The van der Waals surface area contributed by atoms with Crippen LogP contribution < -0.4 is 10.6 Å². The Balaban J connectivity index is 1.97.